The molecule has 7 nitrogen and oxygen atoms in total. The van der Waals surface area contributed by atoms with Crippen LogP contribution < -0.4 is 5.32 Å². The predicted molar refractivity (Wildman–Crippen MR) is 125 cm³/mol. The van der Waals surface area contributed by atoms with Crippen molar-refractivity contribution in [2.45, 2.75) is 12.5 Å². The maximum atomic E-state index is 13.0. The Kier molecular flexibility index (Phi) is 6.65. The number of amides is 3. The first kappa shape index (κ1) is 22.4. The first-order valence-electron chi connectivity index (χ1n) is 10.2. The molecule has 0 spiro atoms. The topological polar surface area (TPSA) is 92.8 Å². The Morgan fingerprint density at radius 3 is 2.03 bits per heavy atom. The van der Waals surface area contributed by atoms with E-state index in [-0.39, 0.29) is 17.5 Å². The van der Waals surface area contributed by atoms with Gasteiger partial charge in [-0.25, -0.2) is 4.79 Å². The molecule has 0 aromatic heterocycles. The van der Waals surface area contributed by atoms with Crippen LogP contribution in [0, 0.1) is 0 Å². The summed E-state index contributed by atoms with van der Waals surface area (Å²) in [5.41, 5.74) is 1.76. The Morgan fingerprint density at radius 1 is 0.848 bits per heavy atom. The van der Waals surface area contributed by atoms with Crippen LogP contribution in [0.3, 0.4) is 0 Å². The van der Waals surface area contributed by atoms with Crippen molar-refractivity contribution in [1.82, 2.24) is 4.90 Å². The SMILES string of the molecule is O=C(COC(=O)C(Cc1ccccc1)N1C(=O)c2ccccc2C1=O)Nc1ccc(Br)cc1. The molecule has 0 fully saturated rings. The number of anilines is 1. The first-order valence-corrected chi connectivity index (χ1v) is 11.0. The van der Waals surface area contributed by atoms with Crippen molar-refractivity contribution in [3.63, 3.8) is 0 Å². The van der Waals surface area contributed by atoms with E-state index >= 15 is 0 Å². The summed E-state index contributed by atoms with van der Waals surface area (Å²) >= 11 is 3.32. The van der Waals surface area contributed by atoms with Gasteiger partial charge in [0.05, 0.1) is 11.1 Å². The highest BCUT2D eigenvalue weighted by Gasteiger charge is 2.43. The van der Waals surface area contributed by atoms with E-state index in [9.17, 15) is 19.2 Å². The lowest BCUT2D eigenvalue weighted by Crippen LogP contribution is -2.47. The molecule has 1 N–H and O–H groups in total. The minimum atomic E-state index is -1.21. The van der Waals surface area contributed by atoms with Gasteiger partial charge in [0.2, 0.25) is 0 Å². The predicted octanol–water partition coefficient (Wildman–Crippen LogP) is 3.84. The van der Waals surface area contributed by atoms with Crippen LogP contribution in [0.15, 0.2) is 83.3 Å². The molecule has 3 amide bonds. The largest absolute Gasteiger partial charge is 0.454 e. The Labute approximate surface area is 198 Å². The fraction of sp³-hybridized carbons (Fsp3) is 0.120. The van der Waals surface area contributed by atoms with E-state index in [1.165, 1.54) is 0 Å². The Hall–Kier alpha value is -3.78. The monoisotopic (exact) mass is 506 g/mol. The van der Waals surface area contributed by atoms with Crippen LogP contribution >= 0.6 is 15.9 Å². The molecular weight excluding hydrogens is 488 g/mol. The van der Waals surface area contributed by atoms with Crippen LogP contribution in [-0.4, -0.2) is 41.2 Å². The molecule has 1 aliphatic heterocycles. The first-order chi connectivity index (χ1) is 15.9. The molecule has 1 unspecified atom stereocenters. The van der Waals surface area contributed by atoms with Gasteiger partial charge in [-0.05, 0) is 42.0 Å². The summed E-state index contributed by atoms with van der Waals surface area (Å²) in [7, 11) is 0. The number of carbonyl (C=O) groups excluding carboxylic acids is 4. The summed E-state index contributed by atoms with van der Waals surface area (Å²) in [4.78, 5) is 52.1. The molecule has 0 bridgehead atoms. The Balaban J connectivity index is 1.50. The number of nitrogens with zero attached hydrogens (tertiary/aromatic N) is 1. The molecular formula is C25H19BrN2O5. The molecule has 1 atom stereocenters. The van der Waals surface area contributed by atoms with Crippen LogP contribution in [-0.2, 0) is 20.7 Å². The maximum Gasteiger partial charge on any atom is 0.330 e. The summed E-state index contributed by atoms with van der Waals surface area (Å²) in [6.07, 6.45) is 0.0689. The molecule has 166 valence electrons. The van der Waals surface area contributed by atoms with Gasteiger partial charge in [-0.15, -0.1) is 0 Å². The highest BCUT2D eigenvalue weighted by molar-refractivity contribution is 9.10. The Morgan fingerprint density at radius 2 is 1.42 bits per heavy atom. The third-order valence-electron chi connectivity index (χ3n) is 5.15. The number of benzene rings is 3. The van der Waals surface area contributed by atoms with Gasteiger partial charge in [-0.3, -0.25) is 19.3 Å². The molecule has 4 rings (SSSR count). The van der Waals surface area contributed by atoms with Crippen molar-refractivity contribution in [2.75, 3.05) is 11.9 Å². The van der Waals surface area contributed by atoms with E-state index in [1.807, 2.05) is 6.07 Å². The molecule has 0 saturated heterocycles. The second kappa shape index (κ2) is 9.79. The number of hydrogen-bond acceptors (Lipinski definition) is 5. The van der Waals surface area contributed by atoms with Gasteiger partial charge in [0.15, 0.2) is 6.61 Å². The van der Waals surface area contributed by atoms with Crippen molar-refractivity contribution in [3.8, 4) is 0 Å². The van der Waals surface area contributed by atoms with E-state index in [0.717, 1.165) is 14.9 Å². The fourth-order valence-electron chi connectivity index (χ4n) is 3.57. The van der Waals surface area contributed by atoms with Crippen LogP contribution in [0.1, 0.15) is 26.3 Å². The zero-order chi connectivity index (χ0) is 23.4. The van der Waals surface area contributed by atoms with Crippen molar-refractivity contribution >= 4 is 45.3 Å². The zero-order valence-corrected chi connectivity index (χ0v) is 18.9. The number of ether oxygens (including phenoxy) is 1. The van der Waals surface area contributed by atoms with E-state index < -0.39 is 36.3 Å². The summed E-state index contributed by atoms with van der Waals surface area (Å²) in [5.74, 6) is -2.49. The zero-order valence-electron chi connectivity index (χ0n) is 17.4. The average Bonchev–Trinajstić information content (AvgIpc) is 3.08. The molecule has 1 heterocycles. The van der Waals surface area contributed by atoms with Crippen LogP contribution in [0.25, 0.3) is 0 Å². The molecule has 0 aliphatic carbocycles. The minimum Gasteiger partial charge on any atom is -0.454 e. The number of esters is 1. The van der Waals surface area contributed by atoms with Gasteiger partial charge in [0.25, 0.3) is 17.7 Å². The second-order valence-corrected chi connectivity index (χ2v) is 8.31. The lowest BCUT2D eigenvalue weighted by molar-refractivity contribution is -0.151. The van der Waals surface area contributed by atoms with Crippen LogP contribution in [0.5, 0.6) is 0 Å². The highest BCUT2D eigenvalue weighted by Crippen LogP contribution is 2.26. The van der Waals surface area contributed by atoms with Gasteiger partial charge in [-0.1, -0.05) is 58.4 Å². The quantitative estimate of drug-likeness (QED) is 0.388. The molecule has 3 aromatic carbocycles. The number of hydrogen-bond donors (Lipinski definition) is 1. The van der Waals surface area contributed by atoms with Gasteiger partial charge in [-0.2, -0.15) is 0 Å². The van der Waals surface area contributed by atoms with E-state index in [0.29, 0.717) is 5.69 Å². The molecule has 0 radical (unpaired) electrons. The third-order valence-corrected chi connectivity index (χ3v) is 5.68. The maximum absolute atomic E-state index is 13.0. The van der Waals surface area contributed by atoms with Gasteiger partial charge in [0, 0.05) is 16.6 Å². The lowest BCUT2D eigenvalue weighted by atomic mass is 10.0. The number of halogens is 1. The average molecular weight is 507 g/mol. The summed E-state index contributed by atoms with van der Waals surface area (Å²) in [6.45, 7) is -0.552. The van der Waals surface area contributed by atoms with Crippen LogP contribution in [0.2, 0.25) is 0 Å². The summed E-state index contributed by atoms with van der Waals surface area (Å²) in [6, 6.07) is 21.1. The normalized spacial score (nSPS) is 13.4. The van der Waals surface area contributed by atoms with Gasteiger partial charge >= 0.3 is 5.97 Å². The number of rotatable bonds is 7. The van der Waals surface area contributed by atoms with Crippen molar-refractivity contribution in [3.05, 3.63) is 100 Å². The summed E-state index contributed by atoms with van der Waals surface area (Å²) in [5, 5.41) is 2.63. The number of fused-ring (bicyclic) bond motifs is 1. The highest BCUT2D eigenvalue weighted by atomic mass is 79.9. The lowest BCUT2D eigenvalue weighted by Gasteiger charge is -2.24. The van der Waals surface area contributed by atoms with E-state index in [1.54, 1.807) is 72.8 Å². The molecule has 3 aromatic rings. The standard InChI is InChI=1S/C25H19BrN2O5/c26-17-10-12-18(13-11-17)27-22(29)15-33-25(32)21(14-16-6-2-1-3-7-16)28-23(30)19-8-4-5-9-20(19)24(28)31/h1-13,21H,14-15H2,(H,27,29). The van der Waals surface area contributed by atoms with Crippen molar-refractivity contribution in [2.24, 2.45) is 0 Å². The smallest absolute Gasteiger partial charge is 0.330 e. The van der Waals surface area contributed by atoms with Crippen molar-refractivity contribution < 1.29 is 23.9 Å². The molecule has 1 aliphatic rings. The summed E-state index contributed by atoms with van der Waals surface area (Å²) < 4.78 is 6.09. The van der Waals surface area contributed by atoms with Gasteiger partial charge < -0.3 is 10.1 Å². The number of imide groups is 1. The second-order valence-electron chi connectivity index (χ2n) is 7.39. The van der Waals surface area contributed by atoms with E-state index in [2.05, 4.69) is 21.2 Å². The minimum absolute atomic E-state index is 0.0689. The van der Waals surface area contributed by atoms with Crippen LogP contribution in [0.4, 0.5) is 5.69 Å². The Bertz CT molecular complexity index is 1180. The van der Waals surface area contributed by atoms with E-state index in [4.69, 9.17) is 4.74 Å². The molecule has 33 heavy (non-hydrogen) atoms. The molecule has 8 heteroatoms. The van der Waals surface area contributed by atoms with Crippen molar-refractivity contribution in [1.29, 1.82) is 0 Å². The number of nitrogens with one attached hydrogen (secondary N) is 1. The van der Waals surface area contributed by atoms with Gasteiger partial charge in [0.1, 0.15) is 6.04 Å². The number of carbonyl (C=O) groups is 4. The third kappa shape index (κ3) is 5.01. The fourth-order valence-corrected chi connectivity index (χ4v) is 3.84. The molecule has 0 saturated carbocycles.